The van der Waals surface area contributed by atoms with Crippen molar-refractivity contribution in [1.29, 1.82) is 0 Å². The number of aromatic carboxylic acids is 2. The molecule has 0 aliphatic carbocycles. The van der Waals surface area contributed by atoms with Gasteiger partial charge in [-0.2, -0.15) is 20.5 Å². The van der Waals surface area contributed by atoms with Crippen molar-refractivity contribution in [2.75, 3.05) is 0 Å². The number of rotatable bonds is 6. The third-order valence-electron chi connectivity index (χ3n) is 4.60. The lowest BCUT2D eigenvalue weighted by Crippen LogP contribution is -1.93. The zero-order valence-electron chi connectivity index (χ0n) is 16.6. The van der Waals surface area contributed by atoms with Crippen LogP contribution in [-0.4, -0.2) is 22.2 Å². The van der Waals surface area contributed by atoms with Crippen LogP contribution in [0.15, 0.2) is 105 Å². The van der Waals surface area contributed by atoms with Crippen molar-refractivity contribution < 1.29 is 19.8 Å². The first-order chi connectivity index (χ1) is 15.5. The molecule has 0 atom stereocenters. The van der Waals surface area contributed by atoms with Gasteiger partial charge in [0, 0.05) is 0 Å². The normalized spacial score (nSPS) is 11.4. The summed E-state index contributed by atoms with van der Waals surface area (Å²) < 4.78 is 0. The average Bonchev–Trinajstić information content (AvgIpc) is 2.81. The maximum absolute atomic E-state index is 10.9. The fourth-order valence-corrected chi connectivity index (χ4v) is 2.92. The Morgan fingerprint density at radius 2 is 0.812 bits per heavy atom. The Hall–Kier alpha value is -4.72. The first kappa shape index (κ1) is 20.5. The van der Waals surface area contributed by atoms with Crippen LogP contribution in [0.25, 0.3) is 10.8 Å². The number of hydrogen-bond acceptors (Lipinski definition) is 6. The van der Waals surface area contributed by atoms with E-state index in [4.69, 9.17) is 10.2 Å². The van der Waals surface area contributed by atoms with Crippen molar-refractivity contribution >= 4 is 45.5 Å². The molecule has 32 heavy (non-hydrogen) atoms. The van der Waals surface area contributed by atoms with Crippen LogP contribution >= 0.6 is 0 Å². The van der Waals surface area contributed by atoms with Crippen LogP contribution in [0.2, 0.25) is 0 Å². The second-order valence-corrected chi connectivity index (χ2v) is 6.82. The van der Waals surface area contributed by atoms with E-state index in [9.17, 15) is 9.59 Å². The molecule has 0 spiro atoms. The summed E-state index contributed by atoms with van der Waals surface area (Å²) in [5, 5.41) is 36.5. The van der Waals surface area contributed by atoms with Gasteiger partial charge in [-0.25, -0.2) is 9.59 Å². The van der Waals surface area contributed by atoms with Crippen molar-refractivity contribution in [2.45, 2.75) is 0 Å². The molecule has 156 valence electrons. The molecule has 8 heteroatoms. The highest BCUT2D eigenvalue weighted by molar-refractivity contribution is 5.89. The summed E-state index contributed by atoms with van der Waals surface area (Å²) >= 11 is 0. The molecule has 0 unspecified atom stereocenters. The zero-order chi connectivity index (χ0) is 22.5. The molecular formula is C24H16N4O4. The maximum Gasteiger partial charge on any atom is 0.335 e. The highest BCUT2D eigenvalue weighted by Crippen LogP contribution is 2.28. The fraction of sp³-hybridized carbons (Fsp3) is 0. The lowest BCUT2D eigenvalue weighted by atomic mass is 10.1. The van der Waals surface area contributed by atoms with Gasteiger partial charge in [0.1, 0.15) is 0 Å². The van der Waals surface area contributed by atoms with Crippen LogP contribution in [0.4, 0.5) is 22.7 Å². The van der Waals surface area contributed by atoms with Crippen molar-refractivity contribution in [3.05, 3.63) is 96.1 Å². The van der Waals surface area contributed by atoms with E-state index in [0.717, 1.165) is 10.8 Å². The van der Waals surface area contributed by atoms with Crippen LogP contribution in [0, 0.1) is 0 Å². The second kappa shape index (κ2) is 8.97. The topological polar surface area (TPSA) is 124 Å². The quantitative estimate of drug-likeness (QED) is 0.321. The maximum atomic E-state index is 10.9. The van der Waals surface area contributed by atoms with Gasteiger partial charge in [-0.1, -0.05) is 12.1 Å². The Bertz CT molecular complexity index is 1260. The second-order valence-electron chi connectivity index (χ2n) is 6.82. The average molecular weight is 424 g/mol. The van der Waals surface area contributed by atoms with E-state index in [0.29, 0.717) is 22.7 Å². The number of azo groups is 2. The number of nitrogens with zero attached hydrogens (tertiary/aromatic N) is 4. The number of benzene rings is 4. The molecule has 0 radical (unpaired) electrons. The van der Waals surface area contributed by atoms with E-state index in [1.165, 1.54) is 24.3 Å². The third kappa shape index (κ3) is 4.88. The third-order valence-corrected chi connectivity index (χ3v) is 4.60. The smallest absolute Gasteiger partial charge is 0.335 e. The van der Waals surface area contributed by atoms with Crippen LogP contribution in [0.1, 0.15) is 20.7 Å². The van der Waals surface area contributed by atoms with Crippen molar-refractivity contribution in [1.82, 2.24) is 0 Å². The lowest BCUT2D eigenvalue weighted by molar-refractivity contribution is 0.0686. The molecule has 0 bridgehead atoms. The Kier molecular flexibility index (Phi) is 5.76. The summed E-state index contributed by atoms with van der Waals surface area (Å²) in [6.07, 6.45) is 0. The standard InChI is InChI=1S/C24H16N4O4/c29-23(30)16-3-7-19(8-4-16)25-27-21-11-1-15-2-12-22(14-18(15)13-21)28-26-20-9-5-17(6-10-20)24(31)32/h1-14H,(H,29,30)(H,31,32)/b27-25+,28-26+. The van der Waals surface area contributed by atoms with Gasteiger partial charge in [0.05, 0.1) is 33.9 Å². The Morgan fingerprint density at radius 3 is 1.19 bits per heavy atom. The number of fused-ring (bicyclic) bond motifs is 1. The largest absolute Gasteiger partial charge is 0.478 e. The molecule has 0 saturated carbocycles. The van der Waals surface area contributed by atoms with Crippen LogP contribution in [-0.2, 0) is 0 Å². The summed E-state index contributed by atoms with van der Waals surface area (Å²) in [6.45, 7) is 0. The molecule has 8 nitrogen and oxygen atoms in total. The van der Waals surface area contributed by atoms with Gasteiger partial charge in [0.2, 0.25) is 0 Å². The summed E-state index contributed by atoms with van der Waals surface area (Å²) in [7, 11) is 0. The van der Waals surface area contributed by atoms with Crippen molar-refractivity contribution in [3.63, 3.8) is 0 Å². The van der Waals surface area contributed by atoms with Gasteiger partial charge >= 0.3 is 11.9 Å². The Balaban J connectivity index is 1.53. The molecule has 0 aromatic heterocycles. The summed E-state index contributed by atoms with van der Waals surface area (Å²) in [5.41, 5.74) is 2.75. The molecule has 0 saturated heterocycles. The Labute approximate surface area is 182 Å². The van der Waals surface area contributed by atoms with E-state index >= 15 is 0 Å². The first-order valence-electron chi connectivity index (χ1n) is 9.52. The van der Waals surface area contributed by atoms with Gasteiger partial charge in [-0.15, -0.1) is 0 Å². The number of hydrogen-bond donors (Lipinski definition) is 2. The molecule has 4 aromatic carbocycles. The number of carbonyl (C=O) groups is 2. The van der Waals surface area contributed by atoms with E-state index in [1.807, 2.05) is 36.4 Å². The van der Waals surface area contributed by atoms with E-state index in [2.05, 4.69) is 20.5 Å². The predicted octanol–water partition coefficient (Wildman–Crippen LogP) is 7.07. The van der Waals surface area contributed by atoms with Gasteiger partial charge in [-0.3, -0.25) is 0 Å². The molecule has 4 rings (SSSR count). The fourth-order valence-electron chi connectivity index (χ4n) is 2.92. The van der Waals surface area contributed by atoms with Crippen LogP contribution in [0.3, 0.4) is 0 Å². The molecule has 0 heterocycles. The minimum atomic E-state index is -0.992. The Morgan fingerprint density at radius 1 is 0.469 bits per heavy atom. The minimum Gasteiger partial charge on any atom is -0.478 e. The number of carboxylic acids is 2. The summed E-state index contributed by atoms with van der Waals surface area (Å²) in [5.74, 6) is -1.98. The van der Waals surface area contributed by atoms with Gasteiger partial charge in [0.15, 0.2) is 0 Å². The van der Waals surface area contributed by atoms with Crippen molar-refractivity contribution in [3.8, 4) is 0 Å². The molecule has 0 amide bonds. The summed E-state index contributed by atoms with van der Waals surface area (Å²) in [6, 6.07) is 23.5. The zero-order valence-corrected chi connectivity index (χ0v) is 16.6. The minimum absolute atomic E-state index is 0.189. The van der Waals surface area contributed by atoms with Crippen molar-refractivity contribution in [2.24, 2.45) is 20.5 Å². The van der Waals surface area contributed by atoms with E-state index in [1.54, 1.807) is 24.3 Å². The highest BCUT2D eigenvalue weighted by Gasteiger charge is 2.03. The number of carboxylic acid groups (broad SMARTS) is 2. The first-order valence-corrected chi connectivity index (χ1v) is 9.52. The molecular weight excluding hydrogens is 408 g/mol. The molecule has 0 aliphatic rings. The van der Waals surface area contributed by atoms with Gasteiger partial charge < -0.3 is 10.2 Å². The molecule has 0 aliphatic heterocycles. The van der Waals surface area contributed by atoms with Gasteiger partial charge in [-0.05, 0) is 83.6 Å². The monoisotopic (exact) mass is 424 g/mol. The summed E-state index contributed by atoms with van der Waals surface area (Å²) in [4.78, 5) is 21.8. The predicted molar refractivity (Wildman–Crippen MR) is 119 cm³/mol. The van der Waals surface area contributed by atoms with E-state index in [-0.39, 0.29) is 11.1 Å². The van der Waals surface area contributed by atoms with Gasteiger partial charge in [0.25, 0.3) is 0 Å². The van der Waals surface area contributed by atoms with Crippen LogP contribution < -0.4 is 0 Å². The molecule has 4 aromatic rings. The van der Waals surface area contributed by atoms with Crippen LogP contribution in [0.5, 0.6) is 0 Å². The molecule has 2 N–H and O–H groups in total. The SMILES string of the molecule is O=C(O)c1ccc(/N=N/c2ccc3ccc(/N=N/c4ccc(C(=O)O)cc4)cc3c2)cc1. The van der Waals surface area contributed by atoms with E-state index < -0.39 is 11.9 Å². The lowest BCUT2D eigenvalue weighted by Gasteiger charge is -2.01. The molecule has 0 fully saturated rings. The highest BCUT2D eigenvalue weighted by atomic mass is 16.4.